The molecule has 114 valence electrons. The summed E-state index contributed by atoms with van der Waals surface area (Å²) in [7, 11) is 0. The van der Waals surface area contributed by atoms with Crippen LogP contribution in [0, 0.1) is 11.8 Å². The number of carbonyl (C=O) groups excluding carboxylic acids is 1. The van der Waals surface area contributed by atoms with Crippen molar-refractivity contribution in [3.05, 3.63) is 53.9 Å². The van der Waals surface area contributed by atoms with Crippen LogP contribution >= 0.6 is 0 Å². The molecule has 1 atom stereocenters. The SMILES string of the molecule is CC#CC(C)(C)OC(=O)c1ccnn1[C@H](C)c1ccccc1. The van der Waals surface area contributed by atoms with Crippen molar-refractivity contribution in [2.24, 2.45) is 0 Å². The maximum absolute atomic E-state index is 12.4. The first-order chi connectivity index (χ1) is 10.4. The van der Waals surface area contributed by atoms with Crippen molar-refractivity contribution in [2.45, 2.75) is 39.3 Å². The highest BCUT2D eigenvalue weighted by Crippen LogP contribution is 2.20. The quantitative estimate of drug-likeness (QED) is 0.641. The van der Waals surface area contributed by atoms with Gasteiger partial charge in [-0.15, -0.1) is 5.92 Å². The van der Waals surface area contributed by atoms with Gasteiger partial charge in [0.2, 0.25) is 0 Å². The number of aromatic nitrogens is 2. The molecule has 22 heavy (non-hydrogen) atoms. The summed E-state index contributed by atoms with van der Waals surface area (Å²) in [6.45, 7) is 7.25. The smallest absolute Gasteiger partial charge is 0.358 e. The summed E-state index contributed by atoms with van der Waals surface area (Å²) >= 11 is 0. The van der Waals surface area contributed by atoms with E-state index < -0.39 is 11.6 Å². The number of nitrogens with zero attached hydrogens (tertiary/aromatic N) is 2. The minimum atomic E-state index is -0.823. The molecule has 2 aromatic rings. The molecule has 0 saturated heterocycles. The van der Waals surface area contributed by atoms with Gasteiger partial charge in [0.1, 0.15) is 5.69 Å². The number of carbonyl (C=O) groups is 1. The molecule has 4 heteroatoms. The molecule has 0 aliphatic rings. The van der Waals surface area contributed by atoms with Gasteiger partial charge in [-0.25, -0.2) is 4.79 Å². The van der Waals surface area contributed by atoms with Crippen LogP contribution in [0.5, 0.6) is 0 Å². The summed E-state index contributed by atoms with van der Waals surface area (Å²) in [5.74, 6) is 5.22. The van der Waals surface area contributed by atoms with Crippen LogP contribution in [0.15, 0.2) is 42.6 Å². The molecule has 0 N–H and O–H groups in total. The summed E-state index contributed by atoms with van der Waals surface area (Å²) in [6.07, 6.45) is 1.61. The lowest BCUT2D eigenvalue weighted by Crippen LogP contribution is -2.28. The molecule has 0 radical (unpaired) electrons. The minimum Gasteiger partial charge on any atom is -0.442 e. The maximum Gasteiger partial charge on any atom is 0.358 e. The van der Waals surface area contributed by atoms with Crippen LogP contribution in [-0.4, -0.2) is 21.4 Å². The Hall–Kier alpha value is -2.54. The molecule has 4 nitrogen and oxygen atoms in total. The van der Waals surface area contributed by atoms with E-state index >= 15 is 0 Å². The second-order valence-electron chi connectivity index (χ2n) is 5.52. The largest absolute Gasteiger partial charge is 0.442 e. The Morgan fingerprint density at radius 1 is 1.27 bits per heavy atom. The van der Waals surface area contributed by atoms with Gasteiger partial charge in [-0.05, 0) is 39.3 Å². The first-order valence-electron chi connectivity index (χ1n) is 7.20. The highest BCUT2D eigenvalue weighted by Gasteiger charge is 2.25. The second kappa shape index (κ2) is 6.48. The molecule has 1 aromatic heterocycles. The number of benzene rings is 1. The van der Waals surface area contributed by atoms with E-state index in [2.05, 4.69) is 16.9 Å². The van der Waals surface area contributed by atoms with Crippen LogP contribution in [0.2, 0.25) is 0 Å². The molecular formula is C18H20N2O2. The van der Waals surface area contributed by atoms with E-state index in [1.165, 1.54) is 0 Å². The summed E-state index contributed by atoms with van der Waals surface area (Å²) in [5.41, 5.74) is 0.673. The Kier molecular flexibility index (Phi) is 4.67. The van der Waals surface area contributed by atoms with Crippen molar-refractivity contribution >= 4 is 5.97 Å². The van der Waals surface area contributed by atoms with Crippen molar-refractivity contribution in [1.29, 1.82) is 0 Å². The topological polar surface area (TPSA) is 44.1 Å². The van der Waals surface area contributed by atoms with Crippen LogP contribution in [0.4, 0.5) is 0 Å². The molecule has 1 aromatic carbocycles. The summed E-state index contributed by atoms with van der Waals surface area (Å²) < 4.78 is 7.15. The summed E-state index contributed by atoms with van der Waals surface area (Å²) in [6, 6.07) is 11.5. The number of rotatable bonds is 4. The third kappa shape index (κ3) is 3.56. The zero-order chi connectivity index (χ0) is 16.2. The van der Waals surface area contributed by atoms with Gasteiger partial charge in [-0.1, -0.05) is 36.3 Å². The van der Waals surface area contributed by atoms with E-state index in [1.807, 2.05) is 37.3 Å². The standard InChI is InChI=1S/C18H20N2O2/c1-5-12-18(3,4)22-17(21)16-11-13-19-20(16)14(2)15-9-7-6-8-10-15/h6-11,13-14H,1-4H3/t14-/m1/s1. The Bertz CT molecular complexity index is 705. The van der Waals surface area contributed by atoms with E-state index in [0.29, 0.717) is 5.69 Å². The fraction of sp³-hybridized carbons (Fsp3) is 0.333. The predicted octanol–water partition coefficient (Wildman–Crippen LogP) is 3.45. The van der Waals surface area contributed by atoms with Crippen LogP contribution in [0.1, 0.15) is 49.8 Å². The third-order valence-electron chi connectivity index (χ3n) is 3.30. The molecule has 0 bridgehead atoms. The fourth-order valence-electron chi connectivity index (χ4n) is 2.27. The highest BCUT2D eigenvalue weighted by molar-refractivity contribution is 5.88. The Morgan fingerprint density at radius 3 is 2.59 bits per heavy atom. The maximum atomic E-state index is 12.4. The zero-order valence-electron chi connectivity index (χ0n) is 13.3. The van der Waals surface area contributed by atoms with Crippen LogP contribution < -0.4 is 0 Å². The first-order valence-corrected chi connectivity index (χ1v) is 7.20. The van der Waals surface area contributed by atoms with E-state index in [4.69, 9.17) is 4.74 Å². The monoisotopic (exact) mass is 296 g/mol. The Balaban J connectivity index is 2.26. The van der Waals surface area contributed by atoms with Gasteiger partial charge in [-0.3, -0.25) is 4.68 Å². The average Bonchev–Trinajstić information content (AvgIpc) is 2.96. The molecule has 0 fully saturated rings. The lowest BCUT2D eigenvalue weighted by atomic mass is 10.1. The van der Waals surface area contributed by atoms with Crippen molar-refractivity contribution in [1.82, 2.24) is 9.78 Å². The van der Waals surface area contributed by atoms with Crippen molar-refractivity contribution in [3.8, 4) is 11.8 Å². The molecule has 0 aliphatic carbocycles. The van der Waals surface area contributed by atoms with Crippen molar-refractivity contribution < 1.29 is 9.53 Å². The summed E-state index contributed by atoms with van der Waals surface area (Å²) in [4.78, 5) is 12.4. The summed E-state index contributed by atoms with van der Waals surface area (Å²) in [5, 5.41) is 4.27. The lowest BCUT2D eigenvalue weighted by molar-refractivity contribution is 0.0189. The Morgan fingerprint density at radius 2 is 1.95 bits per heavy atom. The predicted molar refractivity (Wildman–Crippen MR) is 85.4 cm³/mol. The van der Waals surface area contributed by atoms with Gasteiger partial charge in [0.05, 0.1) is 6.04 Å². The molecular weight excluding hydrogens is 276 g/mol. The van der Waals surface area contributed by atoms with E-state index in [0.717, 1.165) is 5.56 Å². The van der Waals surface area contributed by atoms with Crippen LogP contribution in [0.3, 0.4) is 0 Å². The van der Waals surface area contributed by atoms with E-state index in [1.54, 1.807) is 37.7 Å². The fourth-order valence-corrected chi connectivity index (χ4v) is 2.27. The number of hydrogen-bond acceptors (Lipinski definition) is 3. The number of esters is 1. The highest BCUT2D eigenvalue weighted by atomic mass is 16.6. The molecule has 0 amide bonds. The lowest BCUT2D eigenvalue weighted by Gasteiger charge is -2.20. The zero-order valence-corrected chi connectivity index (χ0v) is 13.3. The van der Waals surface area contributed by atoms with Gasteiger partial charge in [0, 0.05) is 6.20 Å². The van der Waals surface area contributed by atoms with Gasteiger partial charge < -0.3 is 4.74 Å². The third-order valence-corrected chi connectivity index (χ3v) is 3.30. The molecule has 2 rings (SSSR count). The molecule has 0 unspecified atom stereocenters. The van der Waals surface area contributed by atoms with Crippen molar-refractivity contribution in [3.63, 3.8) is 0 Å². The van der Waals surface area contributed by atoms with Crippen molar-refractivity contribution in [2.75, 3.05) is 0 Å². The van der Waals surface area contributed by atoms with Gasteiger partial charge in [0.15, 0.2) is 5.60 Å². The van der Waals surface area contributed by atoms with Crippen LogP contribution in [-0.2, 0) is 4.74 Å². The van der Waals surface area contributed by atoms with Gasteiger partial charge >= 0.3 is 5.97 Å². The van der Waals surface area contributed by atoms with E-state index in [-0.39, 0.29) is 6.04 Å². The number of hydrogen-bond donors (Lipinski definition) is 0. The molecule has 0 aliphatic heterocycles. The molecule has 0 saturated carbocycles. The number of ether oxygens (including phenoxy) is 1. The van der Waals surface area contributed by atoms with E-state index in [9.17, 15) is 4.79 Å². The first kappa shape index (κ1) is 15.8. The molecule has 1 heterocycles. The normalized spacial score (nSPS) is 12.2. The Labute approximate surface area is 131 Å². The molecule has 0 spiro atoms. The van der Waals surface area contributed by atoms with Gasteiger partial charge in [-0.2, -0.15) is 5.10 Å². The van der Waals surface area contributed by atoms with Crippen LogP contribution in [0.25, 0.3) is 0 Å². The van der Waals surface area contributed by atoms with Gasteiger partial charge in [0.25, 0.3) is 0 Å². The second-order valence-corrected chi connectivity index (χ2v) is 5.52. The minimum absolute atomic E-state index is 0.0564. The average molecular weight is 296 g/mol.